The van der Waals surface area contributed by atoms with Crippen molar-refractivity contribution in [2.45, 2.75) is 40.5 Å². The van der Waals surface area contributed by atoms with Gasteiger partial charge in [-0.2, -0.15) is 5.10 Å². The number of ether oxygens (including phenoxy) is 1. The number of halogens is 1. The Balaban J connectivity index is 2.10. The van der Waals surface area contributed by atoms with Crippen molar-refractivity contribution >= 4 is 11.6 Å². The minimum atomic E-state index is -0.531. The molecule has 0 aliphatic rings. The molecule has 0 saturated heterocycles. The fourth-order valence-electron chi connectivity index (χ4n) is 3.55. The zero-order valence-corrected chi connectivity index (χ0v) is 18.1. The Kier molecular flexibility index (Phi) is 7.03. The zero-order chi connectivity index (χ0) is 21.7. The highest BCUT2D eigenvalue weighted by molar-refractivity contribution is 5.84. The number of alkyl halides is 1. The molecule has 1 amide bonds. The van der Waals surface area contributed by atoms with Crippen molar-refractivity contribution in [1.82, 2.24) is 19.5 Å². The molecule has 0 N–H and O–H groups in total. The summed E-state index contributed by atoms with van der Waals surface area (Å²) in [6.07, 6.45) is 1.04. The van der Waals surface area contributed by atoms with Crippen LogP contribution in [0.1, 0.15) is 37.7 Å². The number of amides is 1. The van der Waals surface area contributed by atoms with E-state index in [1.165, 1.54) is 0 Å². The van der Waals surface area contributed by atoms with Gasteiger partial charge in [0.15, 0.2) is 5.65 Å². The molecular weight excluding hydrogens is 383 g/mol. The number of carbonyl (C=O) groups is 1. The third kappa shape index (κ3) is 4.45. The van der Waals surface area contributed by atoms with Crippen molar-refractivity contribution in [3.05, 3.63) is 47.3 Å². The second kappa shape index (κ2) is 9.69. The van der Waals surface area contributed by atoms with Gasteiger partial charge in [0, 0.05) is 35.6 Å². The van der Waals surface area contributed by atoms with Crippen LogP contribution in [-0.2, 0) is 17.6 Å². The lowest BCUT2D eigenvalue weighted by atomic mass is 10.0. The van der Waals surface area contributed by atoms with Gasteiger partial charge in [-0.1, -0.05) is 6.92 Å². The van der Waals surface area contributed by atoms with Crippen LogP contribution in [0.5, 0.6) is 5.75 Å². The number of hydrogen-bond acceptors (Lipinski definition) is 4. The van der Waals surface area contributed by atoms with Crippen molar-refractivity contribution < 1.29 is 13.9 Å². The van der Waals surface area contributed by atoms with Crippen LogP contribution in [0.15, 0.2) is 30.3 Å². The molecule has 0 aliphatic heterocycles. The van der Waals surface area contributed by atoms with Crippen molar-refractivity contribution in [3.8, 4) is 17.0 Å². The van der Waals surface area contributed by atoms with E-state index in [1.807, 2.05) is 48.4 Å². The first-order valence-corrected chi connectivity index (χ1v) is 10.5. The topological polar surface area (TPSA) is 59.7 Å². The maximum Gasteiger partial charge on any atom is 0.227 e. The largest absolute Gasteiger partial charge is 0.491 e. The van der Waals surface area contributed by atoms with Gasteiger partial charge in [-0.15, -0.1) is 0 Å². The summed E-state index contributed by atoms with van der Waals surface area (Å²) in [6.45, 7) is 8.84. The molecule has 160 valence electrons. The maximum atomic E-state index is 12.9. The average molecular weight is 413 g/mol. The summed E-state index contributed by atoms with van der Waals surface area (Å²) in [5, 5.41) is 4.80. The number of fused-ring (bicyclic) bond motifs is 1. The molecule has 30 heavy (non-hydrogen) atoms. The summed E-state index contributed by atoms with van der Waals surface area (Å²) in [5.74, 6) is 0.656. The van der Waals surface area contributed by atoms with Gasteiger partial charge < -0.3 is 9.64 Å². The first-order valence-electron chi connectivity index (χ1n) is 10.5. The first-order chi connectivity index (χ1) is 14.5. The van der Waals surface area contributed by atoms with Gasteiger partial charge in [-0.3, -0.25) is 4.79 Å². The lowest BCUT2D eigenvalue weighted by Crippen LogP contribution is -2.31. The molecule has 7 heteroatoms. The van der Waals surface area contributed by atoms with Gasteiger partial charge in [0.25, 0.3) is 0 Å². The summed E-state index contributed by atoms with van der Waals surface area (Å²) >= 11 is 0. The van der Waals surface area contributed by atoms with Crippen LogP contribution >= 0.6 is 0 Å². The van der Waals surface area contributed by atoms with E-state index < -0.39 is 6.67 Å². The van der Waals surface area contributed by atoms with Gasteiger partial charge in [0.1, 0.15) is 19.0 Å². The Hall–Kier alpha value is -2.96. The quantitative estimate of drug-likeness (QED) is 0.533. The molecule has 2 heterocycles. The number of rotatable bonds is 9. The maximum absolute atomic E-state index is 12.9. The predicted molar refractivity (Wildman–Crippen MR) is 116 cm³/mol. The van der Waals surface area contributed by atoms with Crippen molar-refractivity contribution in [3.63, 3.8) is 0 Å². The minimum Gasteiger partial charge on any atom is -0.491 e. The lowest BCUT2D eigenvalue weighted by molar-refractivity contribution is -0.130. The second-order valence-corrected chi connectivity index (χ2v) is 7.11. The second-order valence-electron chi connectivity index (χ2n) is 7.11. The molecule has 3 rings (SSSR count). The Bertz CT molecular complexity index is 1010. The summed E-state index contributed by atoms with van der Waals surface area (Å²) in [4.78, 5) is 19.5. The van der Waals surface area contributed by atoms with Crippen LogP contribution in [-0.4, -0.2) is 51.8 Å². The third-order valence-electron chi connectivity index (χ3n) is 5.20. The highest BCUT2D eigenvalue weighted by Crippen LogP contribution is 2.29. The Labute approximate surface area is 176 Å². The van der Waals surface area contributed by atoms with Crippen LogP contribution < -0.4 is 4.74 Å². The molecule has 2 aromatic heterocycles. The molecule has 0 spiro atoms. The fraction of sp³-hybridized carbons (Fsp3) is 0.435. The number of carbonyl (C=O) groups excluding carboxylic acids is 1. The monoisotopic (exact) mass is 412 g/mol. The third-order valence-corrected chi connectivity index (χ3v) is 5.20. The molecular formula is C23H29FN4O2. The number of nitrogens with zero attached hydrogens (tertiary/aromatic N) is 4. The van der Waals surface area contributed by atoms with E-state index in [-0.39, 0.29) is 18.9 Å². The highest BCUT2D eigenvalue weighted by atomic mass is 19.1. The number of aromatic nitrogens is 3. The van der Waals surface area contributed by atoms with Crippen LogP contribution in [0, 0.1) is 6.92 Å². The Morgan fingerprint density at radius 3 is 2.47 bits per heavy atom. The first kappa shape index (κ1) is 21.7. The van der Waals surface area contributed by atoms with E-state index in [0.717, 1.165) is 40.3 Å². The standard InChI is InChI=1S/C23H29FN4O2/c1-5-18-14-16(4)28-23(25-18)20(15-21(29)27(6-2)7-3)22(26-28)17-8-10-19(11-9-17)30-13-12-24/h8-11,14H,5-7,12-13,15H2,1-4H3. The average Bonchev–Trinajstić information content (AvgIpc) is 3.12. The minimum absolute atomic E-state index is 0.0280. The smallest absolute Gasteiger partial charge is 0.227 e. The van der Waals surface area contributed by atoms with Crippen molar-refractivity contribution in [2.75, 3.05) is 26.4 Å². The van der Waals surface area contributed by atoms with Gasteiger partial charge in [-0.25, -0.2) is 13.9 Å². The zero-order valence-electron chi connectivity index (χ0n) is 18.1. The number of likely N-dealkylation sites (N-methyl/N-ethyl adjacent to an activating group) is 1. The number of benzene rings is 1. The molecule has 0 aliphatic carbocycles. The van der Waals surface area contributed by atoms with E-state index in [1.54, 1.807) is 12.1 Å². The van der Waals surface area contributed by atoms with Crippen molar-refractivity contribution in [2.24, 2.45) is 0 Å². The number of aryl methyl sites for hydroxylation is 2. The summed E-state index contributed by atoms with van der Waals surface area (Å²) in [5.41, 5.74) is 5.09. The SMILES string of the molecule is CCc1cc(C)n2nc(-c3ccc(OCCF)cc3)c(CC(=O)N(CC)CC)c2n1. The van der Waals surface area contributed by atoms with E-state index in [9.17, 15) is 9.18 Å². The lowest BCUT2D eigenvalue weighted by Gasteiger charge is -2.18. The van der Waals surface area contributed by atoms with Crippen LogP contribution in [0.3, 0.4) is 0 Å². The molecule has 1 aromatic carbocycles. The normalized spacial score (nSPS) is 11.1. The molecule has 0 atom stereocenters. The Morgan fingerprint density at radius 1 is 1.17 bits per heavy atom. The molecule has 6 nitrogen and oxygen atoms in total. The van der Waals surface area contributed by atoms with Gasteiger partial charge in [0.2, 0.25) is 5.91 Å². The van der Waals surface area contributed by atoms with E-state index in [2.05, 4.69) is 6.92 Å². The van der Waals surface area contributed by atoms with Gasteiger partial charge in [0.05, 0.1) is 12.1 Å². The molecule has 3 aromatic rings. The van der Waals surface area contributed by atoms with Gasteiger partial charge in [-0.05, 0) is 57.5 Å². The van der Waals surface area contributed by atoms with Crippen LogP contribution in [0.25, 0.3) is 16.9 Å². The molecule has 0 bridgehead atoms. The predicted octanol–water partition coefficient (Wildman–Crippen LogP) is 4.03. The molecule has 0 fully saturated rings. The molecule has 0 radical (unpaired) electrons. The van der Waals surface area contributed by atoms with E-state index in [0.29, 0.717) is 18.8 Å². The van der Waals surface area contributed by atoms with E-state index >= 15 is 0 Å². The molecule has 0 saturated carbocycles. The summed E-state index contributed by atoms with van der Waals surface area (Å²) < 4.78 is 19.5. The highest BCUT2D eigenvalue weighted by Gasteiger charge is 2.22. The van der Waals surface area contributed by atoms with E-state index in [4.69, 9.17) is 14.8 Å². The van der Waals surface area contributed by atoms with Crippen LogP contribution in [0.2, 0.25) is 0 Å². The Morgan fingerprint density at radius 2 is 1.87 bits per heavy atom. The fourth-order valence-corrected chi connectivity index (χ4v) is 3.55. The molecule has 0 unspecified atom stereocenters. The summed E-state index contributed by atoms with van der Waals surface area (Å²) in [6, 6.07) is 9.38. The van der Waals surface area contributed by atoms with Gasteiger partial charge >= 0.3 is 0 Å². The van der Waals surface area contributed by atoms with Crippen molar-refractivity contribution in [1.29, 1.82) is 0 Å². The number of hydrogen-bond donors (Lipinski definition) is 0. The summed E-state index contributed by atoms with van der Waals surface area (Å²) in [7, 11) is 0. The van der Waals surface area contributed by atoms with Crippen LogP contribution in [0.4, 0.5) is 4.39 Å².